The van der Waals surface area contributed by atoms with E-state index in [0.717, 1.165) is 0 Å². The SMILES string of the molecule is CCS(=O)CCNC(=O)c1cccc(F)n1. The van der Waals surface area contributed by atoms with E-state index < -0.39 is 22.7 Å². The molecule has 0 bridgehead atoms. The van der Waals surface area contributed by atoms with Gasteiger partial charge in [-0.05, 0) is 12.1 Å². The van der Waals surface area contributed by atoms with Crippen molar-refractivity contribution in [2.75, 3.05) is 18.1 Å². The first-order chi connectivity index (χ1) is 7.63. The van der Waals surface area contributed by atoms with Gasteiger partial charge in [0.05, 0.1) is 0 Å². The van der Waals surface area contributed by atoms with E-state index in [2.05, 4.69) is 10.3 Å². The fourth-order valence-electron chi connectivity index (χ4n) is 1.05. The Morgan fingerprint density at radius 1 is 1.56 bits per heavy atom. The summed E-state index contributed by atoms with van der Waals surface area (Å²) in [5, 5.41) is 2.53. The zero-order valence-corrected chi connectivity index (χ0v) is 9.72. The quantitative estimate of drug-likeness (QED) is 0.776. The topological polar surface area (TPSA) is 59.1 Å². The maximum Gasteiger partial charge on any atom is 0.270 e. The molecule has 1 rings (SSSR count). The van der Waals surface area contributed by atoms with Gasteiger partial charge in [0.2, 0.25) is 5.95 Å². The molecule has 1 unspecified atom stereocenters. The molecule has 0 spiro atoms. The van der Waals surface area contributed by atoms with Gasteiger partial charge >= 0.3 is 0 Å². The summed E-state index contributed by atoms with van der Waals surface area (Å²) in [4.78, 5) is 14.9. The van der Waals surface area contributed by atoms with Crippen LogP contribution in [-0.4, -0.2) is 33.2 Å². The highest BCUT2D eigenvalue weighted by molar-refractivity contribution is 7.84. The Kier molecular flexibility index (Phi) is 5.04. The summed E-state index contributed by atoms with van der Waals surface area (Å²) >= 11 is 0. The summed E-state index contributed by atoms with van der Waals surface area (Å²) in [6, 6.07) is 4.01. The molecule has 88 valence electrons. The second kappa shape index (κ2) is 6.32. The van der Waals surface area contributed by atoms with E-state index in [0.29, 0.717) is 18.1 Å². The van der Waals surface area contributed by atoms with E-state index in [1.54, 1.807) is 0 Å². The number of hydrogen-bond donors (Lipinski definition) is 1. The first-order valence-corrected chi connectivity index (χ1v) is 6.38. The number of aromatic nitrogens is 1. The standard InChI is InChI=1S/C10H13FN2O2S/c1-2-16(15)7-6-12-10(14)8-4-3-5-9(11)13-8/h3-5H,2,6-7H2,1H3,(H,12,14). The number of rotatable bonds is 5. The van der Waals surface area contributed by atoms with Crippen LogP contribution in [0.2, 0.25) is 0 Å². The number of carbonyl (C=O) groups is 1. The summed E-state index contributed by atoms with van der Waals surface area (Å²) < 4.78 is 23.8. The third kappa shape index (κ3) is 4.06. The Balaban J connectivity index is 2.44. The van der Waals surface area contributed by atoms with Crippen molar-refractivity contribution in [3.63, 3.8) is 0 Å². The van der Waals surface area contributed by atoms with E-state index in [1.807, 2.05) is 6.92 Å². The predicted octanol–water partition coefficient (Wildman–Crippen LogP) is 0.719. The van der Waals surface area contributed by atoms with Crippen molar-refractivity contribution in [2.45, 2.75) is 6.92 Å². The first-order valence-electron chi connectivity index (χ1n) is 4.89. The van der Waals surface area contributed by atoms with Gasteiger partial charge in [0, 0.05) is 28.9 Å². The maximum atomic E-state index is 12.7. The average molecular weight is 244 g/mol. The molecule has 0 aliphatic heterocycles. The van der Waals surface area contributed by atoms with Crippen LogP contribution in [0.3, 0.4) is 0 Å². The van der Waals surface area contributed by atoms with E-state index in [9.17, 15) is 13.4 Å². The normalized spacial score (nSPS) is 12.1. The van der Waals surface area contributed by atoms with Crippen molar-refractivity contribution in [2.24, 2.45) is 0 Å². The highest BCUT2D eigenvalue weighted by Gasteiger charge is 2.07. The second-order valence-corrected chi connectivity index (χ2v) is 4.90. The minimum absolute atomic E-state index is 0.0299. The van der Waals surface area contributed by atoms with E-state index >= 15 is 0 Å². The number of halogens is 1. The number of carbonyl (C=O) groups excluding carboxylic acids is 1. The summed E-state index contributed by atoms with van der Waals surface area (Å²) in [5.41, 5.74) is 0.0299. The van der Waals surface area contributed by atoms with E-state index in [1.165, 1.54) is 18.2 Å². The van der Waals surface area contributed by atoms with Crippen LogP contribution in [0.4, 0.5) is 4.39 Å². The highest BCUT2D eigenvalue weighted by Crippen LogP contribution is 1.97. The van der Waals surface area contributed by atoms with Crippen molar-refractivity contribution >= 4 is 16.7 Å². The summed E-state index contributed by atoms with van der Waals surface area (Å²) in [6.07, 6.45) is 0. The lowest BCUT2D eigenvalue weighted by molar-refractivity contribution is 0.0950. The molecule has 0 fully saturated rings. The molecule has 4 nitrogen and oxygen atoms in total. The zero-order chi connectivity index (χ0) is 12.0. The summed E-state index contributed by atoms with van der Waals surface area (Å²) in [6.45, 7) is 2.11. The van der Waals surface area contributed by atoms with Crippen molar-refractivity contribution < 1.29 is 13.4 Å². The highest BCUT2D eigenvalue weighted by atomic mass is 32.2. The van der Waals surface area contributed by atoms with Crippen LogP contribution in [0.1, 0.15) is 17.4 Å². The smallest absolute Gasteiger partial charge is 0.270 e. The maximum absolute atomic E-state index is 12.7. The van der Waals surface area contributed by atoms with Crippen LogP contribution in [0, 0.1) is 5.95 Å². The van der Waals surface area contributed by atoms with Crippen molar-refractivity contribution in [1.82, 2.24) is 10.3 Å². The van der Waals surface area contributed by atoms with Gasteiger partial charge in [-0.1, -0.05) is 13.0 Å². The number of amides is 1. The van der Waals surface area contributed by atoms with Crippen molar-refractivity contribution in [1.29, 1.82) is 0 Å². The van der Waals surface area contributed by atoms with Gasteiger partial charge in [0.15, 0.2) is 0 Å². The fraction of sp³-hybridized carbons (Fsp3) is 0.400. The molecule has 16 heavy (non-hydrogen) atoms. The molecule has 1 aromatic rings. The molecule has 0 aliphatic rings. The number of nitrogens with zero attached hydrogens (tertiary/aromatic N) is 1. The van der Waals surface area contributed by atoms with Gasteiger partial charge < -0.3 is 5.32 Å². The minimum atomic E-state index is -0.913. The van der Waals surface area contributed by atoms with E-state index in [4.69, 9.17) is 0 Å². The third-order valence-corrected chi connectivity index (χ3v) is 3.19. The van der Waals surface area contributed by atoms with Crippen LogP contribution >= 0.6 is 0 Å². The average Bonchev–Trinajstić information content (AvgIpc) is 2.28. The summed E-state index contributed by atoms with van der Waals surface area (Å²) in [5.74, 6) is -0.177. The number of nitrogens with one attached hydrogen (secondary N) is 1. The van der Waals surface area contributed by atoms with Crippen LogP contribution in [-0.2, 0) is 10.8 Å². The molecular weight excluding hydrogens is 231 g/mol. The lowest BCUT2D eigenvalue weighted by Crippen LogP contribution is -2.28. The molecule has 1 N–H and O–H groups in total. The Bertz CT molecular complexity index is 398. The largest absolute Gasteiger partial charge is 0.350 e. The second-order valence-electron chi connectivity index (χ2n) is 3.03. The number of pyridine rings is 1. The fourth-order valence-corrected chi connectivity index (χ4v) is 1.67. The Labute approximate surface area is 95.7 Å². The Morgan fingerprint density at radius 2 is 2.31 bits per heavy atom. The molecule has 1 heterocycles. The monoisotopic (exact) mass is 244 g/mol. The Morgan fingerprint density at radius 3 is 2.94 bits per heavy atom. The van der Waals surface area contributed by atoms with E-state index in [-0.39, 0.29) is 5.69 Å². The molecule has 0 aromatic carbocycles. The van der Waals surface area contributed by atoms with Crippen LogP contribution in [0.15, 0.2) is 18.2 Å². The minimum Gasteiger partial charge on any atom is -0.350 e. The van der Waals surface area contributed by atoms with Crippen LogP contribution in [0.25, 0.3) is 0 Å². The predicted molar refractivity (Wildman–Crippen MR) is 60.1 cm³/mol. The third-order valence-electron chi connectivity index (χ3n) is 1.89. The van der Waals surface area contributed by atoms with Crippen LogP contribution in [0.5, 0.6) is 0 Å². The zero-order valence-electron chi connectivity index (χ0n) is 8.90. The summed E-state index contributed by atoms with van der Waals surface area (Å²) in [7, 11) is -0.913. The molecular formula is C10H13FN2O2S. The lowest BCUT2D eigenvalue weighted by Gasteiger charge is -2.03. The van der Waals surface area contributed by atoms with Crippen LogP contribution < -0.4 is 5.32 Å². The molecule has 1 aromatic heterocycles. The lowest BCUT2D eigenvalue weighted by atomic mass is 10.3. The molecule has 0 radical (unpaired) electrons. The molecule has 1 atom stereocenters. The number of hydrogen-bond acceptors (Lipinski definition) is 3. The van der Waals surface area contributed by atoms with Gasteiger partial charge in [-0.25, -0.2) is 4.98 Å². The molecule has 6 heteroatoms. The Hall–Kier alpha value is -1.30. The molecule has 0 saturated carbocycles. The molecule has 0 aliphatic carbocycles. The van der Waals surface area contributed by atoms with Crippen molar-refractivity contribution in [3.05, 3.63) is 29.8 Å². The van der Waals surface area contributed by atoms with Gasteiger partial charge in [0.1, 0.15) is 5.69 Å². The van der Waals surface area contributed by atoms with Gasteiger partial charge in [0.25, 0.3) is 5.91 Å². The van der Waals surface area contributed by atoms with Gasteiger partial charge in [-0.15, -0.1) is 0 Å². The van der Waals surface area contributed by atoms with Gasteiger partial charge in [-0.3, -0.25) is 9.00 Å². The van der Waals surface area contributed by atoms with Gasteiger partial charge in [-0.2, -0.15) is 4.39 Å². The molecule has 0 saturated heterocycles. The molecule has 1 amide bonds. The first kappa shape index (κ1) is 12.8. The van der Waals surface area contributed by atoms with Crippen molar-refractivity contribution in [3.8, 4) is 0 Å².